The maximum absolute atomic E-state index is 13.5. The van der Waals surface area contributed by atoms with Crippen molar-refractivity contribution in [2.75, 3.05) is 23.0 Å². The molecule has 0 fully saturated rings. The Morgan fingerprint density at radius 3 is 2.57 bits per heavy atom. The third-order valence-corrected chi connectivity index (χ3v) is 3.32. The number of nitrogens with one attached hydrogen (secondary N) is 1. The Bertz CT molecular complexity index is 694. The van der Waals surface area contributed by atoms with Gasteiger partial charge in [-0.05, 0) is 30.3 Å². The molecule has 21 heavy (non-hydrogen) atoms. The molecule has 0 saturated carbocycles. The monoisotopic (exact) mass is 355 g/mol. The number of amides is 2. The highest BCUT2D eigenvalue weighted by Gasteiger charge is 2.15. The van der Waals surface area contributed by atoms with Crippen molar-refractivity contribution in [2.45, 2.75) is 0 Å². The van der Waals surface area contributed by atoms with Gasteiger partial charge < -0.3 is 11.1 Å². The second-order valence-electron chi connectivity index (χ2n) is 4.32. The van der Waals surface area contributed by atoms with E-state index in [1.165, 1.54) is 11.9 Å². The van der Waals surface area contributed by atoms with E-state index >= 15 is 0 Å². The predicted molar refractivity (Wildman–Crippen MR) is 82.3 cm³/mol. The first-order chi connectivity index (χ1) is 9.88. The van der Waals surface area contributed by atoms with Crippen molar-refractivity contribution >= 4 is 39.0 Å². The van der Waals surface area contributed by atoms with Gasteiger partial charge in [-0.15, -0.1) is 0 Å². The Hall–Kier alpha value is -2.15. The molecule has 0 aliphatic rings. The van der Waals surface area contributed by atoms with Crippen LogP contribution in [0.3, 0.4) is 0 Å². The summed E-state index contributed by atoms with van der Waals surface area (Å²) in [5.41, 5.74) is 6.58. The second kappa shape index (κ2) is 6.09. The summed E-state index contributed by atoms with van der Waals surface area (Å²) in [6.07, 6.45) is 0. The van der Waals surface area contributed by atoms with Crippen molar-refractivity contribution in [2.24, 2.45) is 0 Å². The highest BCUT2D eigenvalue weighted by atomic mass is 79.9. The van der Waals surface area contributed by atoms with Crippen LogP contribution in [0, 0.1) is 11.6 Å². The number of benzene rings is 2. The van der Waals surface area contributed by atoms with Crippen molar-refractivity contribution in [3.8, 4) is 0 Å². The molecule has 0 heterocycles. The van der Waals surface area contributed by atoms with Crippen molar-refractivity contribution in [3.63, 3.8) is 0 Å². The van der Waals surface area contributed by atoms with E-state index < -0.39 is 17.7 Å². The van der Waals surface area contributed by atoms with Gasteiger partial charge >= 0.3 is 6.03 Å². The second-order valence-corrected chi connectivity index (χ2v) is 5.23. The molecule has 0 spiro atoms. The standard InChI is InChI=1S/C14H12BrF2N3O/c1-20(13-5-2-8(15)6-11(13)18)14(21)19-12-4-3-9(16)7-10(12)17/h2-7H,18H2,1H3,(H,19,21). The molecule has 0 bridgehead atoms. The van der Waals surface area contributed by atoms with Gasteiger partial charge in [0.25, 0.3) is 0 Å². The fourth-order valence-electron chi connectivity index (χ4n) is 1.73. The number of carbonyl (C=O) groups excluding carboxylic acids is 1. The van der Waals surface area contributed by atoms with Gasteiger partial charge in [0.2, 0.25) is 0 Å². The number of halogens is 3. The Morgan fingerprint density at radius 2 is 1.95 bits per heavy atom. The van der Waals surface area contributed by atoms with E-state index in [-0.39, 0.29) is 5.69 Å². The number of anilines is 3. The first-order valence-electron chi connectivity index (χ1n) is 5.93. The Kier molecular flexibility index (Phi) is 4.42. The van der Waals surface area contributed by atoms with E-state index in [0.717, 1.165) is 16.6 Å². The van der Waals surface area contributed by atoms with E-state index in [1.807, 2.05) is 0 Å². The largest absolute Gasteiger partial charge is 0.397 e. The third-order valence-electron chi connectivity index (χ3n) is 2.83. The van der Waals surface area contributed by atoms with E-state index in [0.29, 0.717) is 17.4 Å². The molecule has 0 atom stereocenters. The lowest BCUT2D eigenvalue weighted by atomic mass is 10.2. The molecule has 0 saturated heterocycles. The van der Waals surface area contributed by atoms with Crippen LogP contribution >= 0.6 is 15.9 Å². The lowest BCUT2D eigenvalue weighted by molar-refractivity contribution is 0.258. The van der Waals surface area contributed by atoms with Crippen LogP contribution in [0.2, 0.25) is 0 Å². The molecule has 2 amide bonds. The zero-order chi connectivity index (χ0) is 15.6. The van der Waals surface area contributed by atoms with Crippen LogP contribution < -0.4 is 16.0 Å². The van der Waals surface area contributed by atoms with E-state index in [1.54, 1.807) is 18.2 Å². The summed E-state index contributed by atoms with van der Waals surface area (Å²) in [5, 5.41) is 2.36. The van der Waals surface area contributed by atoms with Crippen molar-refractivity contribution < 1.29 is 13.6 Å². The molecule has 0 unspecified atom stereocenters. The van der Waals surface area contributed by atoms with Crippen LogP contribution in [-0.4, -0.2) is 13.1 Å². The fraction of sp³-hybridized carbons (Fsp3) is 0.0714. The van der Waals surface area contributed by atoms with Crippen LogP contribution in [0.15, 0.2) is 40.9 Å². The summed E-state index contributed by atoms with van der Waals surface area (Å²) in [7, 11) is 1.50. The number of nitrogens with zero attached hydrogens (tertiary/aromatic N) is 1. The number of urea groups is 1. The molecular weight excluding hydrogens is 344 g/mol. The molecule has 3 N–H and O–H groups in total. The van der Waals surface area contributed by atoms with Gasteiger partial charge in [0.15, 0.2) is 0 Å². The van der Waals surface area contributed by atoms with Crippen molar-refractivity contribution in [3.05, 3.63) is 52.5 Å². The molecule has 7 heteroatoms. The summed E-state index contributed by atoms with van der Waals surface area (Å²) in [4.78, 5) is 13.3. The van der Waals surface area contributed by atoms with Gasteiger partial charge in [0.05, 0.1) is 17.1 Å². The summed E-state index contributed by atoms with van der Waals surface area (Å²) in [5.74, 6) is -1.56. The molecule has 110 valence electrons. The van der Waals surface area contributed by atoms with Crippen LogP contribution in [-0.2, 0) is 0 Å². The number of rotatable bonds is 2. The smallest absolute Gasteiger partial charge is 0.326 e. The summed E-state index contributed by atoms with van der Waals surface area (Å²) >= 11 is 3.27. The predicted octanol–water partition coefficient (Wildman–Crippen LogP) is 3.98. The van der Waals surface area contributed by atoms with E-state index in [9.17, 15) is 13.6 Å². The number of hydrogen-bond donors (Lipinski definition) is 2. The average molecular weight is 356 g/mol. The molecule has 0 aliphatic heterocycles. The lowest BCUT2D eigenvalue weighted by Crippen LogP contribution is -2.32. The van der Waals surface area contributed by atoms with Crippen molar-refractivity contribution in [1.29, 1.82) is 0 Å². The SMILES string of the molecule is CN(C(=O)Nc1ccc(F)cc1F)c1ccc(Br)cc1N. The number of carbonyl (C=O) groups is 1. The third kappa shape index (κ3) is 3.49. The average Bonchev–Trinajstić information content (AvgIpc) is 2.41. The quantitative estimate of drug-likeness (QED) is 0.800. The molecule has 2 rings (SSSR count). The zero-order valence-electron chi connectivity index (χ0n) is 11.0. The minimum atomic E-state index is -0.847. The first kappa shape index (κ1) is 15.2. The van der Waals surface area contributed by atoms with Crippen LogP contribution in [0.5, 0.6) is 0 Å². The van der Waals surface area contributed by atoms with E-state index in [4.69, 9.17) is 5.73 Å². The summed E-state index contributed by atoms with van der Waals surface area (Å²) in [6.45, 7) is 0. The van der Waals surface area contributed by atoms with Crippen LogP contribution in [0.25, 0.3) is 0 Å². The number of nitrogen functional groups attached to an aromatic ring is 1. The van der Waals surface area contributed by atoms with Crippen molar-refractivity contribution in [1.82, 2.24) is 0 Å². The zero-order valence-corrected chi connectivity index (χ0v) is 12.6. The Morgan fingerprint density at radius 1 is 1.24 bits per heavy atom. The summed E-state index contributed by atoms with van der Waals surface area (Å²) in [6, 6.07) is 7.36. The summed E-state index contributed by atoms with van der Waals surface area (Å²) < 4.78 is 27.1. The van der Waals surface area contributed by atoms with Gasteiger partial charge in [-0.3, -0.25) is 4.90 Å². The molecule has 0 aromatic heterocycles. The highest BCUT2D eigenvalue weighted by molar-refractivity contribution is 9.10. The molecule has 2 aromatic rings. The molecular formula is C14H12BrF2N3O. The number of nitrogens with two attached hydrogens (primary N) is 1. The first-order valence-corrected chi connectivity index (χ1v) is 6.72. The maximum Gasteiger partial charge on any atom is 0.326 e. The molecule has 2 aromatic carbocycles. The minimum Gasteiger partial charge on any atom is -0.397 e. The molecule has 0 aliphatic carbocycles. The maximum atomic E-state index is 13.5. The molecule has 4 nitrogen and oxygen atoms in total. The highest BCUT2D eigenvalue weighted by Crippen LogP contribution is 2.26. The fourth-order valence-corrected chi connectivity index (χ4v) is 2.11. The van der Waals surface area contributed by atoms with Gasteiger partial charge in [-0.2, -0.15) is 0 Å². The van der Waals surface area contributed by atoms with Gasteiger partial charge in [0, 0.05) is 17.6 Å². The Labute approximate surface area is 128 Å². The van der Waals surface area contributed by atoms with Crippen LogP contribution in [0.4, 0.5) is 30.6 Å². The lowest BCUT2D eigenvalue weighted by Gasteiger charge is -2.20. The normalized spacial score (nSPS) is 10.3. The molecule has 0 radical (unpaired) electrons. The van der Waals surface area contributed by atoms with Gasteiger partial charge in [-0.1, -0.05) is 15.9 Å². The van der Waals surface area contributed by atoms with Gasteiger partial charge in [-0.25, -0.2) is 13.6 Å². The number of hydrogen-bond acceptors (Lipinski definition) is 2. The van der Waals surface area contributed by atoms with E-state index in [2.05, 4.69) is 21.2 Å². The minimum absolute atomic E-state index is 0.107. The topological polar surface area (TPSA) is 58.4 Å². The Balaban J connectivity index is 2.19. The van der Waals surface area contributed by atoms with Gasteiger partial charge in [0.1, 0.15) is 11.6 Å². The van der Waals surface area contributed by atoms with Crippen LogP contribution in [0.1, 0.15) is 0 Å².